The maximum atomic E-state index is 13.1. The van der Waals surface area contributed by atoms with E-state index in [0.29, 0.717) is 25.7 Å². The van der Waals surface area contributed by atoms with Gasteiger partial charge in [-0.1, -0.05) is 329 Å². The first-order valence-electron chi connectivity index (χ1n) is 39.5. The van der Waals surface area contributed by atoms with Crippen LogP contribution in [0, 0.1) is 5.92 Å². The smallest absolute Gasteiger partial charge is 0.462 e. The quantitative estimate of drug-likeness (QED) is 0.0169. The number of hydrogen-bond acceptors (Lipinski definition) is 15. The van der Waals surface area contributed by atoms with E-state index < -0.39 is 97.5 Å². The van der Waals surface area contributed by atoms with Crippen LogP contribution >= 0.6 is 15.6 Å². The summed E-state index contributed by atoms with van der Waals surface area (Å²) in [4.78, 5) is 72.7. The summed E-state index contributed by atoms with van der Waals surface area (Å²) in [6.45, 7) is 7.23. The molecule has 0 saturated heterocycles. The number of aliphatic hydroxyl groups is 1. The molecule has 0 aliphatic rings. The molecule has 0 bridgehead atoms. The fraction of sp³-hybridized carbons (Fsp3) is 0.896. The molecule has 19 heteroatoms. The summed E-state index contributed by atoms with van der Waals surface area (Å²) >= 11 is 0. The van der Waals surface area contributed by atoms with E-state index in [9.17, 15) is 43.2 Å². The van der Waals surface area contributed by atoms with Crippen molar-refractivity contribution in [3.8, 4) is 0 Å². The van der Waals surface area contributed by atoms with Gasteiger partial charge in [0.15, 0.2) is 12.2 Å². The third-order valence-electron chi connectivity index (χ3n) is 17.4. The highest BCUT2D eigenvalue weighted by Gasteiger charge is 2.30. The SMILES string of the molecule is CCCCCC/C=C\C=C/CCCCCCCC(=O)OC[C@H](COP(=O)(O)OC[C@@H](O)COP(=O)(O)OC[C@@H](COC(=O)CCCCCCCCC)OC(=O)CCCCCCCCCCCCCCCCC)OC(=O)CCCCCCCCCCCCCCCCCCC(C)C. The number of esters is 4. The lowest BCUT2D eigenvalue weighted by molar-refractivity contribution is -0.161. The maximum absolute atomic E-state index is 13.1. The number of phosphoric ester groups is 2. The van der Waals surface area contributed by atoms with Crippen LogP contribution in [0.1, 0.15) is 381 Å². The molecule has 566 valence electrons. The maximum Gasteiger partial charge on any atom is 0.472 e. The van der Waals surface area contributed by atoms with Gasteiger partial charge in [0.25, 0.3) is 0 Å². The molecule has 3 N–H and O–H groups in total. The molecule has 0 aromatic heterocycles. The number of ether oxygens (including phenoxy) is 4. The Hall–Kier alpha value is -2.46. The average molecular weight is 1410 g/mol. The van der Waals surface area contributed by atoms with E-state index in [-0.39, 0.29) is 25.7 Å². The van der Waals surface area contributed by atoms with E-state index in [1.807, 2.05) is 0 Å². The lowest BCUT2D eigenvalue weighted by Gasteiger charge is -2.21. The van der Waals surface area contributed by atoms with E-state index in [0.717, 1.165) is 128 Å². The highest BCUT2D eigenvalue weighted by molar-refractivity contribution is 7.47. The second-order valence-electron chi connectivity index (χ2n) is 27.5. The largest absolute Gasteiger partial charge is 0.472 e. The van der Waals surface area contributed by atoms with Crippen LogP contribution in [0.25, 0.3) is 0 Å². The van der Waals surface area contributed by atoms with Crippen molar-refractivity contribution in [1.82, 2.24) is 0 Å². The first-order chi connectivity index (χ1) is 46.5. The van der Waals surface area contributed by atoms with Gasteiger partial charge < -0.3 is 33.8 Å². The molecule has 2 unspecified atom stereocenters. The van der Waals surface area contributed by atoms with Crippen LogP contribution in [0.2, 0.25) is 0 Å². The molecule has 0 spiro atoms. The fourth-order valence-corrected chi connectivity index (χ4v) is 12.9. The topological polar surface area (TPSA) is 237 Å². The molecule has 0 aromatic rings. The number of aliphatic hydroxyl groups excluding tert-OH is 1. The highest BCUT2D eigenvalue weighted by Crippen LogP contribution is 2.45. The number of carbonyl (C=O) groups is 4. The summed E-state index contributed by atoms with van der Waals surface area (Å²) in [6.07, 6.45) is 61.9. The van der Waals surface area contributed by atoms with Gasteiger partial charge in [-0.3, -0.25) is 37.3 Å². The third-order valence-corrected chi connectivity index (χ3v) is 19.3. The van der Waals surface area contributed by atoms with E-state index in [1.165, 1.54) is 173 Å². The monoisotopic (exact) mass is 1410 g/mol. The number of carbonyl (C=O) groups excluding carboxylic acids is 4. The minimum Gasteiger partial charge on any atom is -0.462 e. The zero-order chi connectivity index (χ0) is 70.5. The standard InChI is InChI=1S/C77H146O17P2/c1-6-9-12-15-18-20-22-24-28-33-37-41-46-51-56-61-75(80)88-67-73(94-77(82)63-58-53-48-43-39-35-31-27-26-30-32-36-40-45-49-54-59-70(4)5)69-92-96(85,86)90-65-71(78)64-89-95(83,84)91-68-72(66-87-74(79)60-55-50-44-17-14-11-8-3)93-76(81)62-57-52-47-42-38-34-29-25-23-21-19-16-13-10-7-2/h20,22,24,28,70-73,78H,6-19,21,23,25-27,29-69H2,1-5H3,(H,83,84)(H,85,86)/b22-20-,28-24-/t71-,72+,73+/m0/s1. The summed E-state index contributed by atoms with van der Waals surface area (Å²) in [7, 11) is -9.92. The minimum atomic E-state index is -4.96. The predicted molar refractivity (Wildman–Crippen MR) is 391 cm³/mol. The second-order valence-corrected chi connectivity index (χ2v) is 30.4. The van der Waals surface area contributed by atoms with Crippen molar-refractivity contribution < 1.29 is 80.2 Å². The van der Waals surface area contributed by atoms with E-state index >= 15 is 0 Å². The molecular weight excluding hydrogens is 1260 g/mol. The first-order valence-corrected chi connectivity index (χ1v) is 42.4. The Bertz CT molecular complexity index is 1930. The van der Waals surface area contributed by atoms with Crippen LogP contribution in [0.15, 0.2) is 24.3 Å². The number of phosphoric acid groups is 2. The minimum absolute atomic E-state index is 0.101. The van der Waals surface area contributed by atoms with Gasteiger partial charge in [-0.25, -0.2) is 9.13 Å². The van der Waals surface area contributed by atoms with Gasteiger partial charge in [-0.05, 0) is 57.3 Å². The van der Waals surface area contributed by atoms with E-state index in [1.54, 1.807) is 0 Å². The Morgan fingerprint density at radius 2 is 0.562 bits per heavy atom. The highest BCUT2D eigenvalue weighted by atomic mass is 31.2. The van der Waals surface area contributed by atoms with Crippen molar-refractivity contribution in [1.29, 1.82) is 0 Å². The summed E-state index contributed by atoms with van der Waals surface area (Å²) in [5.41, 5.74) is 0. The normalized spacial score (nSPS) is 14.1. The summed E-state index contributed by atoms with van der Waals surface area (Å²) in [5, 5.41) is 10.6. The van der Waals surface area contributed by atoms with Gasteiger partial charge in [0.1, 0.15) is 19.3 Å². The van der Waals surface area contributed by atoms with Gasteiger partial charge in [-0.2, -0.15) is 0 Å². The molecule has 0 aliphatic carbocycles. The van der Waals surface area contributed by atoms with Crippen molar-refractivity contribution in [2.75, 3.05) is 39.6 Å². The van der Waals surface area contributed by atoms with Gasteiger partial charge in [-0.15, -0.1) is 0 Å². The van der Waals surface area contributed by atoms with Crippen molar-refractivity contribution in [2.24, 2.45) is 5.92 Å². The van der Waals surface area contributed by atoms with Crippen LogP contribution < -0.4 is 0 Å². The molecule has 0 fully saturated rings. The molecule has 0 heterocycles. The number of unbranched alkanes of at least 4 members (excludes halogenated alkanes) is 44. The number of allylic oxidation sites excluding steroid dienone is 4. The third kappa shape index (κ3) is 70.0. The molecule has 0 radical (unpaired) electrons. The van der Waals surface area contributed by atoms with Crippen molar-refractivity contribution in [3.63, 3.8) is 0 Å². The van der Waals surface area contributed by atoms with Crippen molar-refractivity contribution >= 4 is 39.5 Å². The Morgan fingerprint density at radius 1 is 0.323 bits per heavy atom. The van der Waals surface area contributed by atoms with Gasteiger partial charge in [0.2, 0.25) is 0 Å². The van der Waals surface area contributed by atoms with E-state index in [2.05, 4.69) is 58.9 Å². The molecule has 5 atom stereocenters. The lowest BCUT2D eigenvalue weighted by atomic mass is 10.0. The van der Waals surface area contributed by atoms with Crippen LogP contribution in [-0.4, -0.2) is 96.7 Å². The Balaban J connectivity index is 5.22. The predicted octanol–water partition coefficient (Wildman–Crippen LogP) is 22.4. The first kappa shape index (κ1) is 93.5. The Kier molecular flexibility index (Phi) is 67.8. The van der Waals surface area contributed by atoms with Crippen molar-refractivity contribution in [2.45, 2.75) is 400 Å². The number of rotatable bonds is 75. The zero-order valence-electron chi connectivity index (χ0n) is 62.0. The van der Waals surface area contributed by atoms with E-state index in [4.69, 9.17) is 37.0 Å². The summed E-state index contributed by atoms with van der Waals surface area (Å²) in [5.74, 6) is -1.34. The molecule has 0 rings (SSSR count). The molecular formula is C77H146O17P2. The molecule has 0 saturated carbocycles. The van der Waals surface area contributed by atoms with Crippen LogP contribution in [-0.2, 0) is 65.4 Å². The number of hydrogen-bond donors (Lipinski definition) is 3. The molecule has 0 amide bonds. The Labute approximate surface area is 586 Å². The molecule has 17 nitrogen and oxygen atoms in total. The van der Waals surface area contributed by atoms with Crippen LogP contribution in [0.5, 0.6) is 0 Å². The molecule has 0 aliphatic heterocycles. The van der Waals surface area contributed by atoms with Crippen LogP contribution in [0.3, 0.4) is 0 Å². The summed E-state index contributed by atoms with van der Waals surface area (Å²) in [6, 6.07) is 0. The van der Waals surface area contributed by atoms with Gasteiger partial charge in [0.05, 0.1) is 26.4 Å². The molecule has 0 aromatic carbocycles. The molecule has 96 heavy (non-hydrogen) atoms. The van der Waals surface area contributed by atoms with Crippen LogP contribution in [0.4, 0.5) is 0 Å². The lowest BCUT2D eigenvalue weighted by Crippen LogP contribution is -2.30. The second kappa shape index (κ2) is 69.6. The summed E-state index contributed by atoms with van der Waals surface area (Å²) < 4.78 is 68.4. The van der Waals surface area contributed by atoms with Gasteiger partial charge in [0, 0.05) is 25.7 Å². The fourth-order valence-electron chi connectivity index (χ4n) is 11.3. The average Bonchev–Trinajstić information content (AvgIpc) is 3.02. The zero-order valence-corrected chi connectivity index (χ0v) is 63.8. The van der Waals surface area contributed by atoms with Gasteiger partial charge >= 0.3 is 39.5 Å². The Morgan fingerprint density at radius 3 is 0.854 bits per heavy atom. The van der Waals surface area contributed by atoms with Crippen molar-refractivity contribution in [3.05, 3.63) is 24.3 Å².